The first-order valence-electron chi connectivity index (χ1n) is 12.6. The van der Waals surface area contributed by atoms with Gasteiger partial charge in [0.05, 0.1) is 24.6 Å². The highest BCUT2D eigenvalue weighted by atomic mass is 32.1. The fourth-order valence-corrected chi connectivity index (χ4v) is 5.14. The molecule has 0 aliphatic carbocycles. The van der Waals surface area contributed by atoms with Gasteiger partial charge in [-0.2, -0.15) is 0 Å². The molecule has 0 atom stereocenters. The number of carbonyl (C=O) groups is 1. The van der Waals surface area contributed by atoms with Crippen LogP contribution in [0, 0.1) is 0 Å². The molecule has 3 heterocycles. The van der Waals surface area contributed by atoms with Crippen molar-refractivity contribution in [1.29, 1.82) is 0 Å². The van der Waals surface area contributed by atoms with Crippen LogP contribution in [0.4, 0.5) is 11.4 Å². The summed E-state index contributed by atoms with van der Waals surface area (Å²) in [6.07, 6.45) is 1.75. The first-order valence-corrected chi connectivity index (χ1v) is 13.4. The third-order valence-corrected chi connectivity index (χ3v) is 7.19. The van der Waals surface area contributed by atoms with Crippen LogP contribution < -0.4 is 10.2 Å². The minimum absolute atomic E-state index is 0.306. The zero-order valence-electron chi connectivity index (χ0n) is 21.8. The summed E-state index contributed by atoms with van der Waals surface area (Å²) in [7, 11) is 3.35. The number of anilines is 2. The van der Waals surface area contributed by atoms with Gasteiger partial charge in [0.2, 0.25) is 0 Å². The van der Waals surface area contributed by atoms with Crippen molar-refractivity contribution in [2.75, 3.05) is 50.7 Å². The molecule has 0 fully saturated rings. The standard InChI is InChI=1S/C30H29N5O3S/c1-37-17-15-35(16-18-38-2)22-19-26(21-9-4-3-5-10-21)32-27(20-22)28(36)33-24-12-7-6-11-23(24)29-34-25-13-8-14-31-30(25)39-29/h3-14,19-20H,15-18H2,1-2H3,(H,33,36). The van der Waals surface area contributed by atoms with Crippen LogP contribution in [0.25, 0.3) is 32.2 Å². The fourth-order valence-electron chi connectivity index (χ4n) is 4.19. The van der Waals surface area contributed by atoms with Gasteiger partial charge in [0.15, 0.2) is 0 Å². The molecular formula is C30H29N5O3S. The Morgan fingerprint density at radius 3 is 2.38 bits per heavy atom. The van der Waals surface area contributed by atoms with Crippen LogP contribution in [0.3, 0.4) is 0 Å². The van der Waals surface area contributed by atoms with Gasteiger partial charge in [-0.15, -0.1) is 0 Å². The average molecular weight is 540 g/mol. The highest BCUT2D eigenvalue weighted by Gasteiger charge is 2.18. The summed E-state index contributed by atoms with van der Waals surface area (Å²) in [5.74, 6) is -0.306. The Morgan fingerprint density at radius 1 is 0.897 bits per heavy atom. The first-order chi connectivity index (χ1) is 19.2. The number of benzene rings is 2. The lowest BCUT2D eigenvalue weighted by Crippen LogP contribution is -2.31. The lowest BCUT2D eigenvalue weighted by atomic mass is 10.1. The van der Waals surface area contributed by atoms with Crippen LogP contribution in [-0.2, 0) is 9.47 Å². The molecule has 0 bridgehead atoms. The second-order valence-corrected chi connectivity index (χ2v) is 9.76. The van der Waals surface area contributed by atoms with Crippen molar-refractivity contribution in [3.05, 3.63) is 90.8 Å². The third kappa shape index (κ3) is 6.28. The van der Waals surface area contributed by atoms with Gasteiger partial charge in [-0.05, 0) is 36.4 Å². The maximum absolute atomic E-state index is 13.7. The number of ether oxygens (including phenoxy) is 2. The van der Waals surface area contributed by atoms with E-state index in [2.05, 4.69) is 15.2 Å². The summed E-state index contributed by atoms with van der Waals surface area (Å²) in [6, 6.07) is 25.1. The summed E-state index contributed by atoms with van der Waals surface area (Å²) >= 11 is 1.49. The topological polar surface area (TPSA) is 89.5 Å². The van der Waals surface area contributed by atoms with E-state index < -0.39 is 0 Å². The van der Waals surface area contributed by atoms with Gasteiger partial charge in [-0.1, -0.05) is 53.8 Å². The Labute approximate surface area is 231 Å². The number of fused-ring (bicyclic) bond motifs is 1. The molecule has 9 heteroatoms. The zero-order chi connectivity index (χ0) is 27.0. The molecule has 0 saturated carbocycles. The minimum atomic E-state index is -0.306. The van der Waals surface area contributed by atoms with Crippen molar-refractivity contribution >= 4 is 39.0 Å². The second kappa shape index (κ2) is 12.6. The van der Waals surface area contributed by atoms with E-state index in [0.717, 1.165) is 32.2 Å². The van der Waals surface area contributed by atoms with E-state index in [4.69, 9.17) is 19.4 Å². The number of nitrogens with one attached hydrogen (secondary N) is 1. The number of thiazole rings is 1. The van der Waals surface area contributed by atoms with E-state index in [1.165, 1.54) is 11.3 Å². The molecule has 0 unspecified atom stereocenters. The van der Waals surface area contributed by atoms with Gasteiger partial charge in [0.25, 0.3) is 5.91 Å². The Morgan fingerprint density at radius 2 is 1.64 bits per heavy atom. The maximum Gasteiger partial charge on any atom is 0.274 e. The molecule has 39 heavy (non-hydrogen) atoms. The summed E-state index contributed by atoms with van der Waals surface area (Å²) in [4.78, 5) is 30.6. The normalized spacial score (nSPS) is 11.0. The number of methoxy groups -OCH3 is 2. The predicted molar refractivity (Wildman–Crippen MR) is 156 cm³/mol. The number of rotatable bonds is 11. The average Bonchev–Trinajstić information content (AvgIpc) is 3.42. The number of para-hydroxylation sites is 1. The van der Waals surface area contributed by atoms with Gasteiger partial charge < -0.3 is 19.7 Å². The highest BCUT2D eigenvalue weighted by molar-refractivity contribution is 7.21. The summed E-state index contributed by atoms with van der Waals surface area (Å²) in [6.45, 7) is 2.37. The summed E-state index contributed by atoms with van der Waals surface area (Å²) in [5.41, 5.74) is 5.13. The predicted octanol–water partition coefficient (Wildman–Crippen LogP) is 5.77. The van der Waals surface area contributed by atoms with Gasteiger partial charge in [0.1, 0.15) is 21.0 Å². The fraction of sp³-hybridized carbons (Fsp3) is 0.200. The molecule has 1 N–H and O–H groups in total. The number of carbonyl (C=O) groups excluding carboxylic acids is 1. The number of pyridine rings is 2. The molecule has 8 nitrogen and oxygen atoms in total. The second-order valence-electron chi connectivity index (χ2n) is 8.78. The monoisotopic (exact) mass is 539 g/mol. The van der Waals surface area contributed by atoms with Gasteiger partial charge in [0, 0.05) is 50.3 Å². The largest absolute Gasteiger partial charge is 0.383 e. The van der Waals surface area contributed by atoms with Gasteiger partial charge >= 0.3 is 0 Å². The molecule has 3 aromatic heterocycles. The molecule has 0 aliphatic rings. The van der Waals surface area contributed by atoms with Crippen molar-refractivity contribution < 1.29 is 14.3 Å². The van der Waals surface area contributed by atoms with Crippen LogP contribution >= 0.6 is 11.3 Å². The molecule has 198 valence electrons. The lowest BCUT2D eigenvalue weighted by molar-refractivity contribution is 0.102. The summed E-state index contributed by atoms with van der Waals surface area (Å²) in [5, 5.41) is 3.87. The molecule has 0 spiro atoms. The highest BCUT2D eigenvalue weighted by Crippen LogP contribution is 2.34. The van der Waals surface area contributed by atoms with Crippen molar-refractivity contribution in [1.82, 2.24) is 15.0 Å². The molecule has 2 aromatic carbocycles. The van der Waals surface area contributed by atoms with Crippen LogP contribution in [0.1, 0.15) is 10.5 Å². The Kier molecular flexibility index (Phi) is 8.52. The quantitative estimate of drug-likeness (QED) is 0.228. The number of hydrogen-bond donors (Lipinski definition) is 1. The van der Waals surface area contributed by atoms with Crippen molar-refractivity contribution in [2.45, 2.75) is 0 Å². The van der Waals surface area contributed by atoms with E-state index >= 15 is 0 Å². The van der Waals surface area contributed by atoms with Crippen molar-refractivity contribution in [2.24, 2.45) is 0 Å². The van der Waals surface area contributed by atoms with E-state index in [0.29, 0.717) is 43.4 Å². The number of hydrogen-bond acceptors (Lipinski definition) is 8. The third-order valence-electron chi connectivity index (χ3n) is 6.18. The van der Waals surface area contributed by atoms with E-state index in [1.54, 1.807) is 20.4 Å². The zero-order valence-corrected chi connectivity index (χ0v) is 22.6. The van der Waals surface area contributed by atoms with E-state index in [1.807, 2.05) is 78.9 Å². The van der Waals surface area contributed by atoms with E-state index in [9.17, 15) is 4.79 Å². The molecule has 0 aliphatic heterocycles. The molecule has 5 rings (SSSR count). The van der Waals surface area contributed by atoms with Crippen LogP contribution in [0.5, 0.6) is 0 Å². The number of aromatic nitrogens is 3. The number of nitrogens with zero attached hydrogens (tertiary/aromatic N) is 4. The summed E-state index contributed by atoms with van der Waals surface area (Å²) < 4.78 is 10.7. The lowest BCUT2D eigenvalue weighted by Gasteiger charge is -2.25. The van der Waals surface area contributed by atoms with Crippen LogP contribution in [0.2, 0.25) is 0 Å². The molecular weight excluding hydrogens is 510 g/mol. The first kappa shape index (κ1) is 26.4. The Hall–Kier alpha value is -4.18. The smallest absolute Gasteiger partial charge is 0.274 e. The molecule has 1 amide bonds. The molecule has 0 saturated heterocycles. The SMILES string of the molecule is COCCN(CCOC)c1cc(C(=O)Nc2ccccc2-c2nc3cccnc3s2)nc(-c2ccccc2)c1. The number of amides is 1. The minimum Gasteiger partial charge on any atom is -0.383 e. The molecule has 5 aromatic rings. The van der Waals surface area contributed by atoms with Crippen molar-refractivity contribution in [3.8, 4) is 21.8 Å². The van der Waals surface area contributed by atoms with Gasteiger partial charge in [-0.3, -0.25) is 4.79 Å². The van der Waals surface area contributed by atoms with Gasteiger partial charge in [-0.25, -0.2) is 15.0 Å². The molecule has 0 radical (unpaired) electrons. The Bertz CT molecular complexity index is 1520. The Balaban J connectivity index is 1.51. The van der Waals surface area contributed by atoms with Crippen LogP contribution in [-0.4, -0.2) is 61.4 Å². The van der Waals surface area contributed by atoms with E-state index in [-0.39, 0.29) is 5.91 Å². The van der Waals surface area contributed by atoms with Crippen molar-refractivity contribution in [3.63, 3.8) is 0 Å². The maximum atomic E-state index is 13.7. The van der Waals surface area contributed by atoms with Crippen LogP contribution in [0.15, 0.2) is 85.1 Å².